The van der Waals surface area contributed by atoms with Crippen LogP contribution in [0.1, 0.15) is 25.7 Å². The van der Waals surface area contributed by atoms with Gasteiger partial charge in [0.1, 0.15) is 8.07 Å². The van der Waals surface area contributed by atoms with E-state index in [9.17, 15) is 0 Å². The Hall–Kier alpha value is -1.50. The van der Waals surface area contributed by atoms with Gasteiger partial charge in [0.25, 0.3) is 0 Å². The van der Waals surface area contributed by atoms with Crippen molar-refractivity contribution in [3.05, 3.63) is 60.7 Å². The molecule has 0 radical (unpaired) electrons. The molecule has 0 aromatic heterocycles. The molecule has 0 atom stereocenters. The van der Waals surface area contributed by atoms with Crippen molar-refractivity contribution in [1.82, 2.24) is 9.80 Å². The molecule has 4 rings (SSSR count). The average Bonchev–Trinajstić information content (AvgIpc) is 2.90. The molecule has 0 aliphatic carbocycles. The molecule has 0 saturated carbocycles. The van der Waals surface area contributed by atoms with Crippen LogP contribution in [0.3, 0.4) is 0 Å². The van der Waals surface area contributed by atoms with Gasteiger partial charge in [-0.25, -0.2) is 0 Å². The first-order chi connectivity index (χ1) is 16.4. The number of rotatable bonds is 12. The van der Waals surface area contributed by atoms with Gasteiger partial charge in [0.2, 0.25) is 0 Å². The lowest BCUT2D eigenvalue weighted by Gasteiger charge is -2.34. The van der Waals surface area contributed by atoms with E-state index in [2.05, 4.69) is 70.5 Å². The lowest BCUT2D eigenvalue weighted by atomic mass is 10.3. The van der Waals surface area contributed by atoms with E-state index in [1.165, 1.54) is 50.9 Å². The number of ether oxygens (including phenoxy) is 2. The topological polar surface area (TPSA) is 24.9 Å². The molecule has 0 unspecified atom stereocenters. The van der Waals surface area contributed by atoms with Crippen molar-refractivity contribution in [3.8, 4) is 0 Å². The van der Waals surface area contributed by atoms with Gasteiger partial charge in [0, 0.05) is 26.2 Å². The Labute approximate surface area is 201 Å². The Morgan fingerprint density at radius 3 is 1.33 bits per heavy atom. The molecule has 2 aromatic rings. The largest absolute Gasteiger partial charge is 0.379 e. The molecule has 5 heteroatoms. The zero-order valence-corrected chi connectivity index (χ0v) is 21.3. The van der Waals surface area contributed by atoms with Gasteiger partial charge in [-0.1, -0.05) is 83.9 Å². The van der Waals surface area contributed by atoms with Crippen molar-refractivity contribution in [2.24, 2.45) is 0 Å². The summed E-state index contributed by atoms with van der Waals surface area (Å²) in [7, 11) is -1.81. The number of nitrogens with zero attached hydrogens (tertiary/aromatic N) is 2. The lowest BCUT2D eigenvalue weighted by molar-refractivity contribution is 0.0373. The highest BCUT2D eigenvalue weighted by atomic mass is 28.3. The van der Waals surface area contributed by atoms with Crippen LogP contribution in [0.15, 0.2) is 60.7 Å². The Morgan fingerprint density at radius 1 is 0.545 bits per heavy atom. The number of morpholine rings is 2. The number of hydrogen-bond acceptors (Lipinski definition) is 4. The summed E-state index contributed by atoms with van der Waals surface area (Å²) < 4.78 is 11.1. The summed E-state index contributed by atoms with van der Waals surface area (Å²) in [6, 6.07) is 25.7. The fraction of sp³-hybridized carbons (Fsp3) is 0.571. The van der Waals surface area contributed by atoms with Crippen molar-refractivity contribution in [2.45, 2.75) is 37.8 Å². The number of benzene rings is 2. The summed E-state index contributed by atoms with van der Waals surface area (Å²) in [6.45, 7) is 10.4. The van der Waals surface area contributed by atoms with Crippen LogP contribution in [0.4, 0.5) is 0 Å². The zero-order chi connectivity index (χ0) is 22.6. The lowest BCUT2D eigenvalue weighted by Crippen LogP contribution is -2.58. The molecule has 0 bridgehead atoms. The molecular formula is C28H42N2O2Si. The molecule has 180 valence electrons. The monoisotopic (exact) mass is 466 g/mol. The van der Waals surface area contributed by atoms with Crippen molar-refractivity contribution in [2.75, 3.05) is 65.7 Å². The normalized spacial score (nSPS) is 18.4. The van der Waals surface area contributed by atoms with Gasteiger partial charge in [0.15, 0.2) is 0 Å². The summed E-state index contributed by atoms with van der Waals surface area (Å²) in [5, 5.41) is 3.24. The molecule has 0 amide bonds. The zero-order valence-electron chi connectivity index (χ0n) is 20.3. The standard InChI is InChI=1S/C28H42N2O2Si/c1-3-11-27(12-4-1)33(28-13-5-2-6-14-28,25-9-7-15-29-17-21-31-22-18-29)26-10-8-16-30-19-23-32-24-20-30/h1-6,11-14H,7-10,15-26H2. The predicted molar refractivity (Wildman–Crippen MR) is 141 cm³/mol. The maximum Gasteiger partial charge on any atom is 0.118 e. The van der Waals surface area contributed by atoms with E-state index in [1.807, 2.05) is 0 Å². The van der Waals surface area contributed by atoms with Crippen LogP contribution in [-0.4, -0.2) is 83.6 Å². The first kappa shape index (κ1) is 24.6. The average molecular weight is 467 g/mol. The SMILES string of the molecule is c1ccc([Si](CCCCN2CCOCC2)(CCCCN2CCOCC2)c2ccccc2)cc1. The highest BCUT2D eigenvalue weighted by molar-refractivity contribution is 7.02. The Kier molecular flexibility index (Phi) is 10.00. The summed E-state index contributed by atoms with van der Waals surface area (Å²) in [5.74, 6) is 0. The molecule has 4 nitrogen and oxygen atoms in total. The third-order valence-electron chi connectivity index (χ3n) is 7.52. The van der Waals surface area contributed by atoms with Gasteiger partial charge in [-0.2, -0.15) is 0 Å². The summed E-state index contributed by atoms with van der Waals surface area (Å²) in [4.78, 5) is 5.17. The van der Waals surface area contributed by atoms with E-state index in [-0.39, 0.29) is 0 Å². The maximum atomic E-state index is 5.53. The first-order valence-corrected chi connectivity index (χ1v) is 15.5. The van der Waals surface area contributed by atoms with Crippen molar-refractivity contribution >= 4 is 18.4 Å². The molecule has 0 spiro atoms. The van der Waals surface area contributed by atoms with Gasteiger partial charge in [-0.15, -0.1) is 0 Å². The molecule has 2 aliphatic heterocycles. The smallest absolute Gasteiger partial charge is 0.118 e. The van der Waals surface area contributed by atoms with Gasteiger partial charge >= 0.3 is 0 Å². The fourth-order valence-corrected chi connectivity index (χ4v) is 10.7. The molecule has 0 N–H and O–H groups in total. The highest BCUT2D eigenvalue weighted by Crippen LogP contribution is 2.23. The van der Waals surface area contributed by atoms with Crippen molar-refractivity contribution in [3.63, 3.8) is 0 Å². The summed E-state index contributed by atoms with van der Waals surface area (Å²) in [5.41, 5.74) is 0. The van der Waals surface area contributed by atoms with E-state index < -0.39 is 8.07 Å². The maximum absolute atomic E-state index is 5.53. The van der Waals surface area contributed by atoms with E-state index in [4.69, 9.17) is 9.47 Å². The second kappa shape index (κ2) is 13.4. The quantitative estimate of drug-likeness (QED) is 0.353. The van der Waals surface area contributed by atoms with Crippen LogP contribution in [-0.2, 0) is 9.47 Å². The van der Waals surface area contributed by atoms with E-state index >= 15 is 0 Å². The second-order valence-electron chi connectivity index (χ2n) is 9.64. The molecule has 33 heavy (non-hydrogen) atoms. The molecular weight excluding hydrogens is 424 g/mol. The van der Waals surface area contributed by atoms with Crippen LogP contribution >= 0.6 is 0 Å². The Balaban J connectivity index is 1.43. The first-order valence-electron chi connectivity index (χ1n) is 13.1. The Bertz CT molecular complexity index is 709. The molecule has 2 heterocycles. The Morgan fingerprint density at radius 2 is 0.939 bits per heavy atom. The van der Waals surface area contributed by atoms with Gasteiger partial charge in [0.05, 0.1) is 26.4 Å². The molecule has 2 fully saturated rings. The molecule has 2 saturated heterocycles. The van der Waals surface area contributed by atoms with Gasteiger partial charge in [-0.3, -0.25) is 9.80 Å². The van der Waals surface area contributed by atoms with E-state index in [0.717, 1.165) is 52.6 Å². The van der Waals surface area contributed by atoms with Crippen LogP contribution in [0.2, 0.25) is 12.1 Å². The summed E-state index contributed by atoms with van der Waals surface area (Å²) in [6.07, 6.45) is 5.22. The van der Waals surface area contributed by atoms with Crippen LogP contribution < -0.4 is 10.4 Å². The van der Waals surface area contributed by atoms with E-state index in [0.29, 0.717) is 0 Å². The van der Waals surface area contributed by atoms with Gasteiger partial charge < -0.3 is 9.47 Å². The summed E-state index contributed by atoms with van der Waals surface area (Å²) >= 11 is 0. The molecule has 2 aromatic carbocycles. The fourth-order valence-electron chi connectivity index (χ4n) is 5.56. The third-order valence-corrected chi connectivity index (χ3v) is 12.8. The predicted octanol–water partition coefficient (Wildman–Crippen LogP) is 3.47. The number of hydrogen-bond donors (Lipinski definition) is 0. The van der Waals surface area contributed by atoms with Crippen LogP contribution in [0.25, 0.3) is 0 Å². The van der Waals surface area contributed by atoms with E-state index in [1.54, 1.807) is 10.4 Å². The minimum atomic E-state index is -1.81. The molecule has 2 aliphatic rings. The van der Waals surface area contributed by atoms with Crippen LogP contribution in [0.5, 0.6) is 0 Å². The third kappa shape index (κ3) is 7.24. The van der Waals surface area contributed by atoms with Crippen molar-refractivity contribution < 1.29 is 9.47 Å². The number of unbranched alkanes of at least 4 members (excludes halogenated alkanes) is 2. The van der Waals surface area contributed by atoms with Crippen molar-refractivity contribution in [1.29, 1.82) is 0 Å². The second-order valence-corrected chi connectivity index (χ2v) is 14.0. The van der Waals surface area contributed by atoms with Gasteiger partial charge in [-0.05, 0) is 38.0 Å². The minimum Gasteiger partial charge on any atom is -0.379 e. The minimum absolute atomic E-state index is 0.899. The van der Waals surface area contributed by atoms with Crippen LogP contribution in [0, 0.1) is 0 Å². The highest BCUT2D eigenvalue weighted by Gasteiger charge is 2.36.